The van der Waals surface area contributed by atoms with Crippen LogP contribution < -0.4 is 10.6 Å². The fourth-order valence-electron chi connectivity index (χ4n) is 4.94. The molecule has 1 aromatic carbocycles. The maximum atomic E-state index is 13.1. The second-order valence-electron chi connectivity index (χ2n) is 9.68. The summed E-state index contributed by atoms with van der Waals surface area (Å²) in [5, 5.41) is 14.3. The number of rotatable bonds is 14. The number of hydrogen-bond donors (Lipinski definition) is 2. The average molecular weight is 539 g/mol. The minimum atomic E-state index is -0.996. The standard InChI is InChI=1S/C26H34BN5O7/c28-18-27-6-9-31(10-7-27)11-13-38-15-17-39-16-14-37-12-8-29-20-3-1-2-19-23(20)26(36)32(25(19)35)21-4-5-22(33)30-24(21)34/h1-3,21,29H,4-17H2,(H,30,33,34). The highest BCUT2D eigenvalue weighted by Gasteiger charge is 2.45. The summed E-state index contributed by atoms with van der Waals surface area (Å²) in [7, 11) is 0. The van der Waals surface area contributed by atoms with Gasteiger partial charge in [0.1, 0.15) is 6.04 Å². The number of piperidine rings is 1. The van der Waals surface area contributed by atoms with Gasteiger partial charge in [-0.15, -0.1) is 0 Å². The van der Waals surface area contributed by atoms with E-state index in [1.54, 1.807) is 18.2 Å². The third kappa shape index (κ3) is 7.42. The molecule has 4 amide bonds. The number of carbonyl (C=O) groups is 4. The van der Waals surface area contributed by atoms with Crippen molar-refractivity contribution in [1.29, 1.82) is 5.26 Å². The second kappa shape index (κ2) is 14.2. The van der Waals surface area contributed by atoms with Gasteiger partial charge >= 0.3 is 0 Å². The van der Waals surface area contributed by atoms with Gasteiger partial charge in [-0.1, -0.05) is 6.07 Å². The summed E-state index contributed by atoms with van der Waals surface area (Å²) in [6, 6.07) is 3.94. The van der Waals surface area contributed by atoms with Gasteiger partial charge in [0.15, 0.2) is 0 Å². The van der Waals surface area contributed by atoms with Crippen LogP contribution in [-0.4, -0.2) is 112 Å². The number of carbonyl (C=O) groups excluding carboxylic acids is 4. The molecule has 2 N–H and O–H groups in total. The van der Waals surface area contributed by atoms with Crippen molar-refractivity contribution in [2.24, 2.45) is 0 Å². The molecule has 2 fully saturated rings. The van der Waals surface area contributed by atoms with Crippen molar-refractivity contribution in [2.75, 3.05) is 71.1 Å². The summed E-state index contributed by atoms with van der Waals surface area (Å²) in [5.41, 5.74) is 0.948. The quantitative estimate of drug-likeness (QED) is 0.194. The van der Waals surface area contributed by atoms with Crippen LogP contribution in [0, 0.1) is 11.2 Å². The average Bonchev–Trinajstić information content (AvgIpc) is 3.19. The first kappa shape index (κ1) is 28.7. The van der Waals surface area contributed by atoms with Gasteiger partial charge in [-0.2, -0.15) is 0 Å². The lowest BCUT2D eigenvalue weighted by Gasteiger charge is -2.27. The van der Waals surface area contributed by atoms with Crippen LogP contribution in [0.15, 0.2) is 18.2 Å². The summed E-state index contributed by atoms with van der Waals surface area (Å²) in [6.07, 6.45) is 2.06. The molecule has 0 bridgehead atoms. The summed E-state index contributed by atoms with van der Waals surface area (Å²) in [6.45, 7) is 6.21. The molecule has 12 nitrogen and oxygen atoms in total. The van der Waals surface area contributed by atoms with Crippen molar-refractivity contribution in [3.63, 3.8) is 0 Å². The van der Waals surface area contributed by atoms with E-state index in [0.717, 1.165) is 37.2 Å². The Balaban J connectivity index is 1.08. The Labute approximate surface area is 228 Å². The molecular weight excluding hydrogens is 505 g/mol. The molecule has 2 saturated heterocycles. The van der Waals surface area contributed by atoms with Crippen LogP contribution in [0.3, 0.4) is 0 Å². The van der Waals surface area contributed by atoms with Gasteiger partial charge in [0.05, 0.1) is 50.8 Å². The van der Waals surface area contributed by atoms with Gasteiger partial charge in [0.2, 0.25) is 11.8 Å². The second-order valence-corrected chi connectivity index (χ2v) is 9.68. The van der Waals surface area contributed by atoms with Crippen LogP contribution in [-0.2, 0) is 23.8 Å². The predicted molar refractivity (Wildman–Crippen MR) is 141 cm³/mol. The molecule has 0 aromatic heterocycles. The van der Waals surface area contributed by atoms with Crippen LogP contribution in [0.5, 0.6) is 0 Å². The number of fused-ring (bicyclic) bond motifs is 1. The van der Waals surface area contributed by atoms with E-state index in [1.165, 1.54) is 0 Å². The number of nitrogens with zero attached hydrogens (tertiary/aromatic N) is 3. The summed E-state index contributed by atoms with van der Waals surface area (Å²) >= 11 is 0. The number of nitriles is 1. The third-order valence-electron chi connectivity index (χ3n) is 7.10. The van der Waals surface area contributed by atoms with Crippen LogP contribution in [0.1, 0.15) is 33.6 Å². The van der Waals surface area contributed by atoms with Crippen molar-refractivity contribution >= 4 is 36.0 Å². The lowest BCUT2D eigenvalue weighted by atomic mass is 9.45. The Hall–Kier alpha value is -3.31. The first-order chi connectivity index (χ1) is 19.0. The van der Waals surface area contributed by atoms with Gasteiger partial charge < -0.3 is 24.4 Å². The van der Waals surface area contributed by atoms with Crippen LogP contribution in [0.25, 0.3) is 0 Å². The van der Waals surface area contributed by atoms with E-state index in [4.69, 9.17) is 19.5 Å². The Morgan fingerprint density at radius 1 is 0.974 bits per heavy atom. The monoisotopic (exact) mass is 539 g/mol. The number of benzene rings is 1. The SMILES string of the molecule is N#CB1CCN(CCOCCOCCOCCNc2cccc3c2C(=O)N(C2CCC(=O)NC2=O)C3=O)CC1. The van der Waals surface area contributed by atoms with Gasteiger partial charge in [0.25, 0.3) is 18.5 Å². The fourth-order valence-corrected chi connectivity index (χ4v) is 4.94. The number of hydrogen-bond acceptors (Lipinski definition) is 10. The highest BCUT2D eigenvalue weighted by molar-refractivity contribution is 6.67. The zero-order chi connectivity index (χ0) is 27.6. The molecule has 0 saturated carbocycles. The molecule has 0 aliphatic carbocycles. The molecule has 4 rings (SSSR count). The zero-order valence-electron chi connectivity index (χ0n) is 22.0. The van der Waals surface area contributed by atoms with E-state index in [0.29, 0.717) is 51.9 Å². The molecule has 1 atom stereocenters. The smallest absolute Gasteiger partial charge is 0.270 e. The fraction of sp³-hybridized carbons (Fsp3) is 0.577. The van der Waals surface area contributed by atoms with Gasteiger partial charge in [-0.3, -0.25) is 29.4 Å². The van der Waals surface area contributed by atoms with Crippen molar-refractivity contribution < 1.29 is 33.4 Å². The Morgan fingerprint density at radius 2 is 1.67 bits per heavy atom. The molecule has 13 heteroatoms. The normalized spacial score (nSPS) is 19.7. The molecule has 208 valence electrons. The number of imide groups is 2. The first-order valence-corrected chi connectivity index (χ1v) is 13.4. The topological polar surface area (TPSA) is 150 Å². The molecule has 3 aliphatic rings. The van der Waals surface area contributed by atoms with Crippen molar-refractivity contribution in [1.82, 2.24) is 15.1 Å². The molecule has 3 heterocycles. The molecule has 1 aromatic rings. The van der Waals surface area contributed by atoms with E-state index in [1.807, 2.05) is 0 Å². The van der Waals surface area contributed by atoms with Crippen LogP contribution >= 0.6 is 0 Å². The number of nitrogens with one attached hydrogen (secondary N) is 2. The summed E-state index contributed by atoms with van der Waals surface area (Å²) < 4.78 is 16.7. The molecular formula is C26H34BN5O7. The Kier molecular flexibility index (Phi) is 10.4. The lowest BCUT2D eigenvalue weighted by Crippen LogP contribution is -2.54. The zero-order valence-corrected chi connectivity index (χ0v) is 22.0. The largest absolute Gasteiger partial charge is 0.382 e. The highest BCUT2D eigenvalue weighted by Crippen LogP contribution is 2.32. The summed E-state index contributed by atoms with van der Waals surface area (Å²) in [5.74, 6) is 0.211. The van der Waals surface area contributed by atoms with E-state index in [2.05, 4.69) is 21.5 Å². The molecule has 0 spiro atoms. The molecule has 3 aliphatic heterocycles. The Morgan fingerprint density at radius 3 is 2.36 bits per heavy atom. The van der Waals surface area contributed by atoms with E-state index >= 15 is 0 Å². The summed E-state index contributed by atoms with van der Waals surface area (Å²) in [4.78, 5) is 53.0. The molecule has 39 heavy (non-hydrogen) atoms. The lowest BCUT2D eigenvalue weighted by molar-refractivity contribution is -0.136. The van der Waals surface area contributed by atoms with Gasteiger partial charge in [0, 0.05) is 31.2 Å². The Bertz CT molecular complexity index is 1100. The first-order valence-electron chi connectivity index (χ1n) is 13.4. The predicted octanol–water partition coefficient (Wildman–Crippen LogP) is 0.423. The highest BCUT2D eigenvalue weighted by atomic mass is 16.5. The third-order valence-corrected chi connectivity index (χ3v) is 7.10. The number of anilines is 1. The van der Waals surface area contributed by atoms with Gasteiger partial charge in [-0.25, -0.2) is 5.26 Å². The molecule has 1 unspecified atom stereocenters. The van der Waals surface area contributed by atoms with E-state index < -0.39 is 29.7 Å². The molecule has 0 radical (unpaired) electrons. The van der Waals surface area contributed by atoms with Crippen LogP contribution in [0.4, 0.5) is 5.69 Å². The van der Waals surface area contributed by atoms with Gasteiger partial charge in [-0.05, 0) is 44.3 Å². The van der Waals surface area contributed by atoms with E-state index in [-0.39, 0.29) is 30.7 Å². The van der Waals surface area contributed by atoms with Crippen molar-refractivity contribution in [2.45, 2.75) is 31.5 Å². The number of amides is 4. The van der Waals surface area contributed by atoms with Crippen molar-refractivity contribution in [3.05, 3.63) is 29.3 Å². The minimum absolute atomic E-state index is 0.0764. The number of ether oxygens (including phenoxy) is 3. The van der Waals surface area contributed by atoms with Crippen LogP contribution in [0.2, 0.25) is 12.6 Å². The maximum Gasteiger partial charge on any atom is 0.270 e. The van der Waals surface area contributed by atoms with Crippen molar-refractivity contribution in [3.8, 4) is 5.97 Å². The van der Waals surface area contributed by atoms with E-state index in [9.17, 15) is 19.2 Å². The minimum Gasteiger partial charge on any atom is -0.382 e. The maximum absolute atomic E-state index is 13.1.